The Morgan fingerprint density at radius 3 is 2.61 bits per heavy atom. The lowest BCUT2D eigenvalue weighted by Crippen LogP contribution is -2.45. The molecule has 0 bridgehead atoms. The van der Waals surface area contributed by atoms with E-state index in [0.29, 0.717) is 0 Å². The maximum Gasteiger partial charge on any atom is 0.387 e. The van der Waals surface area contributed by atoms with E-state index >= 15 is 0 Å². The van der Waals surface area contributed by atoms with Crippen LogP contribution in [0.15, 0.2) is 24.3 Å². The van der Waals surface area contributed by atoms with E-state index in [1.165, 1.54) is 29.2 Å². The van der Waals surface area contributed by atoms with Gasteiger partial charge in [0.15, 0.2) is 0 Å². The van der Waals surface area contributed by atoms with Gasteiger partial charge in [-0.25, -0.2) is 0 Å². The third-order valence-corrected chi connectivity index (χ3v) is 3.76. The van der Waals surface area contributed by atoms with Crippen LogP contribution in [0.25, 0.3) is 0 Å². The van der Waals surface area contributed by atoms with Gasteiger partial charge < -0.3 is 9.64 Å². The molecule has 1 saturated heterocycles. The van der Waals surface area contributed by atoms with Crippen LogP contribution < -0.4 is 10.1 Å². The molecule has 0 aromatic heterocycles. The molecular weight excluding hydrogens is 310 g/mol. The van der Waals surface area contributed by atoms with E-state index in [1.807, 2.05) is 0 Å². The number of ether oxygens (including phenoxy) is 1. The predicted molar refractivity (Wildman–Crippen MR) is 73.8 cm³/mol. The molecule has 0 spiro atoms. The van der Waals surface area contributed by atoms with E-state index in [-0.39, 0.29) is 23.8 Å². The quantitative estimate of drug-likeness (QED) is 0.829. The van der Waals surface area contributed by atoms with Crippen molar-refractivity contribution in [3.05, 3.63) is 29.8 Å². The maximum atomic E-state index is 12.7. The first-order valence-electron chi connectivity index (χ1n) is 7.17. The number of nitrogens with zero attached hydrogens (tertiary/aromatic N) is 1. The Morgan fingerprint density at radius 2 is 2.04 bits per heavy atom. The molecule has 1 aromatic rings. The molecule has 1 aromatic carbocycles. The minimum atomic E-state index is -2.99. The average molecular weight is 324 g/mol. The highest BCUT2D eigenvalue weighted by molar-refractivity contribution is 6.08. The molecule has 1 N–H and O–H groups in total. The topological polar surface area (TPSA) is 75.7 Å². The van der Waals surface area contributed by atoms with E-state index in [0.717, 1.165) is 12.8 Å². The number of carbonyl (C=O) groups excluding carboxylic acids is 3. The Kier molecular flexibility index (Phi) is 3.97. The predicted octanol–water partition coefficient (Wildman–Crippen LogP) is 1.31. The number of benzene rings is 1. The smallest absolute Gasteiger partial charge is 0.387 e. The van der Waals surface area contributed by atoms with Crippen molar-refractivity contribution < 1.29 is 27.9 Å². The van der Waals surface area contributed by atoms with Gasteiger partial charge in [-0.15, -0.1) is 0 Å². The molecular formula is C15H14F2N2O4. The van der Waals surface area contributed by atoms with Crippen molar-refractivity contribution in [2.45, 2.75) is 38.0 Å². The minimum absolute atomic E-state index is 0.0751. The van der Waals surface area contributed by atoms with E-state index in [4.69, 9.17) is 0 Å². The largest absolute Gasteiger partial charge is 0.435 e. The second-order valence-electron chi connectivity index (χ2n) is 5.48. The Hall–Kier alpha value is -2.51. The van der Waals surface area contributed by atoms with Gasteiger partial charge >= 0.3 is 6.61 Å². The Balaban J connectivity index is 1.84. The van der Waals surface area contributed by atoms with Gasteiger partial charge in [-0.05, 0) is 31.0 Å². The van der Waals surface area contributed by atoms with Gasteiger partial charge in [0.05, 0.1) is 6.42 Å². The summed E-state index contributed by atoms with van der Waals surface area (Å²) in [5.74, 6) is -1.53. The van der Waals surface area contributed by atoms with E-state index < -0.39 is 30.4 Å². The van der Waals surface area contributed by atoms with Gasteiger partial charge in [0.2, 0.25) is 11.8 Å². The van der Waals surface area contributed by atoms with E-state index in [9.17, 15) is 23.2 Å². The molecule has 8 heteroatoms. The minimum Gasteiger partial charge on any atom is -0.435 e. The molecule has 23 heavy (non-hydrogen) atoms. The Morgan fingerprint density at radius 1 is 1.30 bits per heavy atom. The van der Waals surface area contributed by atoms with Crippen molar-refractivity contribution in [1.29, 1.82) is 0 Å². The fraction of sp³-hybridized carbons (Fsp3) is 0.400. The van der Waals surface area contributed by atoms with Crippen LogP contribution in [-0.4, -0.2) is 41.3 Å². The number of halogens is 2. The molecule has 0 unspecified atom stereocenters. The zero-order valence-electron chi connectivity index (χ0n) is 12.0. The van der Waals surface area contributed by atoms with Gasteiger partial charge in [0.25, 0.3) is 5.91 Å². The summed E-state index contributed by atoms with van der Waals surface area (Å²) in [4.78, 5) is 37.3. The molecule has 1 aliphatic heterocycles. The lowest BCUT2D eigenvalue weighted by molar-refractivity contribution is -0.126. The number of alkyl halides is 2. The molecule has 1 atom stereocenters. The molecule has 2 aliphatic rings. The van der Waals surface area contributed by atoms with Crippen LogP contribution in [-0.2, 0) is 9.59 Å². The summed E-state index contributed by atoms with van der Waals surface area (Å²) in [6.45, 7) is -2.99. The van der Waals surface area contributed by atoms with Crippen molar-refractivity contribution in [2.24, 2.45) is 0 Å². The van der Waals surface area contributed by atoms with Crippen molar-refractivity contribution in [2.75, 3.05) is 0 Å². The standard InChI is InChI=1S/C15H14F2N2O4/c16-15(17)23-10-3-1-2-8(6-10)14(22)19(9-4-5-9)11-7-12(20)18-13(11)21/h1-3,6,9,11,15H,4-5,7H2,(H,18,20,21)/t11-/m1/s1. The van der Waals surface area contributed by atoms with Gasteiger partial charge in [-0.2, -0.15) is 8.78 Å². The summed E-state index contributed by atoms with van der Waals surface area (Å²) in [7, 11) is 0. The number of amides is 3. The fourth-order valence-corrected chi connectivity index (χ4v) is 2.63. The number of carbonyl (C=O) groups is 3. The van der Waals surface area contributed by atoms with Crippen LogP contribution in [0.4, 0.5) is 8.78 Å². The average Bonchev–Trinajstić information content (AvgIpc) is 3.25. The zero-order valence-corrected chi connectivity index (χ0v) is 12.0. The van der Waals surface area contributed by atoms with Crippen LogP contribution in [0, 0.1) is 0 Å². The number of nitrogens with one attached hydrogen (secondary N) is 1. The highest BCUT2D eigenvalue weighted by Crippen LogP contribution is 2.32. The van der Waals surface area contributed by atoms with E-state index in [1.54, 1.807) is 0 Å². The van der Waals surface area contributed by atoms with Gasteiger partial charge in [0, 0.05) is 11.6 Å². The molecule has 0 radical (unpaired) electrons. The lowest BCUT2D eigenvalue weighted by atomic mass is 10.1. The molecule has 3 amide bonds. The number of hydrogen-bond acceptors (Lipinski definition) is 4. The monoisotopic (exact) mass is 324 g/mol. The van der Waals surface area contributed by atoms with Crippen LogP contribution >= 0.6 is 0 Å². The first-order valence-corrected chi connectivity index (χ1v) is 7.17. The normalized spacial score (nSPS) is 20.6. The Labute approximate surface area is 130 Å². The highest BCUT2D eigenvalue weighted by atomic mass is 19.3. The summed E-state index contributed by atoms with van der Waals surface area (Å²) < 4.78 is 28.9. The van der Waals surface area contributed by atoms with Crippen LogP contribution in [0.2, 0.25) is 0 Å². The van der Waals surface area contributed by atoms with Crippen molar-refractivity contribution in [3.8, 4) is 5.75 Å². The molecule has 6 nitrogen and oxygen atoms in total. The second-order valence-corrected chi connectivity index (χ2v) is 5.48. The molecule has 1 heterocycles. The fourth-order valence-electron chi connectivity index (χ4n) is 2.63. The van der Waals surface area contributed by atoms with Crippen LogP contribution in [0.1, 0.15) is 29.6 Å². The summed E-state index contributed by atoms with van der Waals surface area (Å²) in [6, 6.07) is 4.46. The van der Waals surface area contributed by atoms with Crippen molar-refractivity contribution in [3.63, 3.8) is 0 Å². The second kappa shape index (κ2) is 5.94. The first-order chi connectivity index (χ1) is 11.0. The van der Waals surface area contributed by atoms with Crippen molar-refractivity contribution in [1.82, 2.24) is 10.2 Å². The number of rotatable bonds is 5. The summed E-state index contributed by atoms with van der Waals surface area (Å²) in [6.07, 6.45) is 1.42. The summed E-state index contributed by atoms with van der Waals surface area (Å²) >= 11 is 0. The molecule has 122 valence electrons. The molecule has 1 aliphatic carbocycles. The number of imide groups is 1. The summed E-state index contributed by atoms with van der Waals surface area (Å²) in [5.41, 5.74) is 0.141. The molecule has 2 fully saturated rings. The molecule has 3 rings (SSSR count). The van der Waals surface area contributed by atoms with Crippen LogP contribution in [0.5, 0.6) is 5.75 Å². The zero-order chi connectivity index (χ0) is 16.6. The third-order valence-electron chi connectivity index (χ3n) is 3.76. The summed E-state index contributed by atoms with van der Waals surface area (Å²) in [5, 5.41) is 2.18. The van der Waals surface area contributed by atoms with Gasteiger partial charge in [-0.3, -0.25) is 19.7 Å². The maximum absolute atomic E-state index is 12.7. The lowest BCUT2D eigenvalue weighted by Gasteiger charge is -2.27. The first kappa shape index (κ1) is 15.4. The molecule has 1 saturated carbocycles. The van der Waals surface area contributed by atoms with E-state index in [2.05, 4.69) is 10.1 Å². The highest BCUT2D eigenvalue weighted by Gasteiger charge is 2.44. The SMILES string of the molecule is O=C1C[C@@H](N(C(=O)c2cccc(OC(F)F)c2)C2CC2)C(=O)N1. The van der Waals surface area contributed by atoms with Gasteiger partial charge in [0.1, 0.15) is 11.8 Å². The third kappa shape index (κ3) is 3.30. The van der Waals surface area contributed by atoms with Crippen LogP contribution in [0.3, 0.4) is 0 Å². The van der Waals surface area contributed by atoms with Gasteiger partial charge in [-0.1, -0.05) is 6.07 Å². The number of hydrogen-bond donors (Lipinski definition) is 1. The van der Waals surface area contributed by atoms with Crippen molar-refractivity contribution >= 4 is 17.7 Å². The Bertz CT molecular complexity index is 661.